The van der Waals surface area contributed by atoms with Gasteiger partial charge < -0.3 is 10.6 Å². The van der Waals surface area contributed by atoms with Gasteiger partial charge in [-0.1, -0.05) is 31.2 Å². The normalized spacial score (nSPS) is 12.9. The lowest BCUT2D eigenvalue weighted by Gasteiger charge is -2.17. The van der Waals surface area contributed by atoms with Crippen molar-refractivity contribution >= 4 is 15.9 Å². The Bertz CT molecular complexity index is 574. The molecule has 1 unspecified atom stereocenters. The van der Waals surface area contributed by atoms with Gasteiger partial charge in [0.25, 0.3) is 0 Å². The minimum absolute atomic E-state index is 0.171. The van der Waals surface area contributed by atoms with Gasteiger partial charge >= 0.3 is 0 Å². The SMILES string of the molecule is CCc1ccc(C(N)c2c(Br)cnn2CCN(C)C)cc1. The average Bonchev–Trinajstić information content (AvgIpc) is 2.85. The van der Waals surface area contributed by atoms with Gasteiger partial charge in [0.2, 0.25) is 0 Å². The summed E-state index contributed by atoms with van der Waals surface area (Å²) in [7, 11) is 4.11. The molecule has 1 atom stereocenters. The maximum Gasteiger partial charge on any atom is 0.0739 e. The minimum atomic E-state index is -0.171. The number of likely N-dealkylation sites (N-methyl/N-ethyl adjacent to an activating group) is 1. The zero-order chi connectivity index (χ0) is 15.4. The van der Waals surface area contributed by atoms with Crippen LogP contribution >= 0.6 is 15.9 Å². The summed E-state index contributed by atoms with van der Waals surface area (Å²) >= 11 is 3.57. The predicted octanol–water partition coefficient (Wildman–Crippen LogP) is 2.82. The first-order valence-electron chi connectivity index (χ1n) is 7.23. The molecule has 1 aromatic heterocycles. The molecule has 0 aliphatic heterocycles. The van der Waals surface area contributed by atoms with Crippen molar-refractivity contribution in [1.29, 1.82) is 0 Å². The van der Waals surface area contributed by atoms with E-state index in [0.29, 0.717) is 0 Å². The maximum atomic E-state index is 6.46. The molecule has 0 aliphatic rings. The van der Waals surface area contributed by atoms with E-state index < -0.39 is 0 Å². The van der Waals surface area contributed by atoms with Gasteiger partial charge in [-0.15, -0.1) is 0 Å². The molecule has 1 heterocycles. The second-order valence-electron chi connectivity index (χ2n) is 5.48. The van der Waals surface area contributed by atoms with Gasteiger partial charge in [0.05, 0.1) is 29.0 Å². The van der Waals surface area contributed by atoms with Crippen molar-refractivity contribution in [3.8, 4) is 0 Å². The van der Waals surface area contributed by atoms with Crippen LogP contribution in [0, 0.1) is 0 Å². The topological polar surface area (TPSA) is 47.1 Å². The Hall–Kier alpha value is -1.17. The Morgan fingerprint density at radius 2 is 1.95 bits per heavy atom. The molecule has 114 valence electrons. The molecule has 0 aliphatic carbocycles. The van der Waals surface area contributed by atoms with Gasteiger partial charge in [-0.2, -0.15) is 5.10 Å². The van der Waals surface area contributed by atoms with E-state index >= 15 is 0 Å². The molecule has 1 aromatic carbocycles. The third kappa shape index (κ3) is 3.93. The van der Waals surface area contributed by atoms with Crippen molar-refractivity contribution in [1.82, 2.24) is 14.7 Å². The summed E-state index contributed by atoms with van der Waals surface area (Å²) in [6.45, 7) is 3.92. The number of aryl methyl sites for hydroxylation is 1. The van der Waals surface area contributed by atoms with Crippen molar-refractivity contribution in [2.24, 2.45) is 5.73 Å². The third-order valence-electron chi connectivity index (χ3n) is 3.63. The van der Waals surface area contributed by atoms with Crippen LogP contribution in [0.3, 0.4) is 0 Å². The standard InChI is InChI=1S/C16H23BrN4/c1-4-12-5-7-13(8-6-12)15(18)16-14(17)11-19-21(16)10-9-20(2)3/h5-8,11,15H,4,9-10,18H2,1-3H3. The molecular formula is C16H23BrN4. The van der Waals surface area contributed by atoms with Crippen molar-refractivity contribution in [2.45, 2.75) is 25.9 Å². The summed E-state index contributed by atoms with van der Waals surface area (Å²) in [4.78, 5) is 2.14. The van der Waals surface area contributed by atoms with Crippen LogP contribution < -0.4 is 5.73 Å². The molecule has 4 nitrogen and oxygen atoms in total. The molecule has 0 bridgehead atoms. The molecule has 0 saturated heterocycles. The highest BCUT2D eigenvalue weighted by Gasteiger charge is 2.18. The highest BCUT2D eigenvalue weighted by Crippen LogP contribution is 2.27. The van der Waals surface area contributed by atoms with E-state index in [1.807, 2.05) is 10.9 Å². The number of aromatic nitrogens is 2. The zero-order valence-electron chi connectivity index (χ0n) is 12.9. The lowest BCUT2D eigenvalue weighted by Crippen LogP contribution is -2.23. The first-order chi connectivity index (χ1) is 10.0. The summed E-state index contributed by atoms with van der Waals surface area (Å²) in [5.41, 5.74) is 9.92. The van der Waals surface area contributed by atoms with E-state index in [0.717, 1.165) is 35.2 Å². The first-order valence-corrected chi connectivity index (χ1v) is 8.02. The van der Waals surface area contributed by atoms with E-state index in [1.165, 1.54) is 5.56 Å². The maximum absolute atomic E-state index is 6.46. The van der Waals surface area contributed by atoms with Gasteiger partial charge in [0.1, 0.15) is 0 Å². The van der Waals surface area contributed by atoms with Gasteiger partial charge in [0, 0.05) is 6.54 Å². The molecule has 5 heteroatoms. The molecule has 0 spiro atoms. The Morgan fingerprint density at radius 1 is 1.29 bits per heavy atom. The summed E-state index contributed by atoms with van der Waals surface area (Å²) in [6.07, 6.45) is 2.87. The zero-order valence-corrected chi connectivity index (χ0v) is 14.5. The van der Waals surface area contributed by atoms with E-state index in [2.05, 4.69) is 71.2 Å². The summed E-state index contributed by atoms with van der Waals surface area (Å²) in [5.74, 6) is 0. The van der Waals surface area contributed by atoms with E-state index in [9.17, 15) is 0 Å². The van der Waals surface area contributed by atoms with Crippen LogP contribution in [0.5, 0.6) is 0 Å². The van der Waals surface area contributed by atoms with Gasteiger partial charge in [0.15, 0.2) is 0 Å². The molecule has 0 fully saturated rings. The minimum Gasteiger partial charge on any atom is -0.319 e. The van der Waals surface area contributed by atoms with Crippen LogP contribution in [0.4, 0.5) is 0 Å². The van der Waals surface area contributed by atoms with Crippen molar-refractivity contribution in [2.75, 3.05) is 20.6 Å². The number of nitrogens with zero attached hydrogens (tertiary/aromatic N) is 3. The summed E-state index contributed by atoms with van der Waals surface area (Å²) in [6, 6.07) is 8.33. The molecule has 0 saturated carbocycles. The quantitative estimate of drug-likeness (QED) is 0.871. The van der Waals surface area contributed by atoms with Crippen LogP contribution in [-0.4, -0.2) is 35.3 Å². The average molecular weight is 351 g/mol. The summed E-state index contributed by atoms with van der Waals surface area (Å²) < 4.78 is 2.95. The molecule has 21 heavy (non-hydrogen) atoms. The van der Waals surface area contributed by atoms with Crippen molar-refractivity contribution in [3.05, 3.63) is 51.8 Å². The Balaban J connectivity index is 2.24. The van der Waals surface area contributed by atoms with Gasteiger partial charge in [-0.05, 0) is 47.6 Å². The third-order valence-corrected chi connectivity index (χ3v) is 4.24. The fourth-order valence-electron chi connectivity index (χ4n) is 2.27. The highest BCUT2D eigenvalue weighted by atomic mass is 79.9. The largest absolute Gasteiger partial charge is 0.319 e. The lowest BCUT2D eigenvalue weighted by atomic mass is 10.0. The molecular weight excluding hydrogens is 328 g/mol. The van der Waals surface area contributed by atoms with Crippen LogP contribution in [-0.2, 0) is 13.0 Å². The second-order valence-corrected chi connectivity index (χ2v) is 6.33. The highest BCUT2D eigenvalue weighted by molar-refractivity contribution is 9.10. The Morgan fingerprint density at radius 3 is 2.52 bits per heavy atom. The van der Waals surface area contributed by atoms with E-state index in [1.54, 1.807) is 0 Å². The number of nitrogens with two attached hydrogens (primary N) is 1. The van der Waals surface area contributed by atoms with E-state index in [-0.39, 0.29) is 6.04 Å². The molecule has 2 N–H and O–H groups in total. The van der Waals surface area contributed by atoms with Crippen molar-refractivity contribution in [3.63, 3.8) is 0 Å². The Kier molecular flexibility index (Phi) is 5.56. The van der Waals surface area contributed by atoms with E-state index in [4.69, 9.17) is 5.73 Å². The van der Waals surface area contributed by atoms with Crippen LogP contribution in [0.25, 0.3) is 0 Å². The van der Waals surface area contributed by atoms with Crippen LogP contribution in [0.1, 0.15) is 29.8 Å². The fraction of sp³-hybridized carbons (Fsp3) is 0.438. The Labute approximate surface area is 135 Å². The monoisotopic (exact) mass is 350 g/mol. The number of benzene rings is 1. The van der Waals surface area contributed by atoms with Crippen LogP contribution in [0.2, 0.25) is 0 Å². The number of hydrogen-bond acceptors (Lipinski definition) is 3. The fourth-order valence-corrected chi connectivity index (χ4v) is 2.82. The van der Waals surface area contributed by atoms with Gasteiger partial charge in [-0.25, -0.2) is 0 Å². The molecule has 2 rings (SSSR count). The summed E-state index contributed by atoms with van der Waals surface area (Å²) in [5, 5.41) is 4.43. The molecule has 0 radical (unpaired) electrons. The first kappa shape index (κ1) is 16.2. The smallest absolute Gasteiger partial charge is 0.0739 e. The predicted molar refractivity (Wildman–Crippen MR) is 90.3 cm³/mol. The lowest BCUT2D eigenvalue weighted by molar-refractivity contribution is 0.368. The van der Waals surface area contributed by atoms with Crippen LogP contribution in [0.15, 0.2) is 34.9 Å². The number of rotatable bonds is 6. The number of hydrogen-bond donors (Lipinski definition) is 1. The van der Waals surface area contributed by atoms with Crippen molar-refractivity contribution < 1.29 is 0 Å². The van der Waals surface area contributed by atoms with Gasteiger partial charge in [-0.3, -0.25) is 4.68 Å². The molecule has 2 aromatic rings. The molecule has 0 amide bonds. The number of halogens is 1. The second kappa shape index (κ2) is 7.20.